The molecule has 0 spiro atoms. The molecule has 2 heterocycles. The lowest BCUT2D eigenvalue weighted by Crippen LogP contribution is -2.31. The predicted octanol–water partition coefficient (Wildman–Crippen LogP) is 3.05. The topological polar surface area (TPSA) is 126 Å². The minimum atomic E-state index is -1.11. The number of allylic oxidation sites excluding steroid dienone is 1. The molecule has 0 saturated heterocycles. The largest absolute Gasteiger partial charge is 0.383 e. The first kappa shape index (κ1) is 22.6. The first-order valence-electron chi connectivity index (χ1n) is 10.1. The number of anilines is 1. The van der Waals surface area contributed by atoms with Crippen molar-refractivity contribution >= 4 is 56.6 Å². The van der Waals surface area contributed by atoms with Gasteiger partial charge in [-0.25, -0.2) is 9.98 Å². The molecule has 1 atom stereocenters. The van der Waals surface area contributed by atoms with E-state index in [9.17, 15) is 14.4 Å². The molecule has 3 N–H and O–H groups in total. The van der Waals surface area contributed by atoms with Crippen LogP contribution in [0.3, 0.4) is 0 Å². The lowest BCUT2D eigenvalue weighted by atomic mass is 10.0. The summed E-state index contributed by atoms with van der Waals surface area (Å²) >= 11 is 3.23. The number of carbonyl (C=O) groups is 3. The third-order valence-corrected chi connectivity index (χ3v) is 5.42. The number of halogens is 1. The van der Waals surface area contributed by atoms with Crippen molar-refractivity contribution in [3.63, 3.8) is 0 Å². The second-order valence-electron chi connectivity index (χ2n) is 7.23. The standard InChI is InChI=1S/C23H20BrN5O4/c1-33-8-7-25-21(30)15-10-18-19(28-20(27-18)13-5-3-2-4-6-13)11-17(15)29-23(32)16-9-14(24)12-26-22(16)31/h2-6,9-12,16H,7-8H2,1H3,(H,25,30)(H,27,28)(H,29,32). The number of aromatic amines is 1. The second-order valence-corrected chi connectivity index (χ2v) is 8.15. The van der Waals surface area contributed by atoms with Crippen molar-refractivity contribution < 1.29 is 19.1 Å². The number of fused-ring (bicyclic) bond motifs is 1. The zero-order valence-electron chi connectivity index (χ0n) is 17.6. The van der Waals surface area contributed by atoms with Gasteiger partial charge in [-0.05, 0) is 34.1 Å². The zero-order valence-corrected chi connectivity index (χ0v) is 19.2. The SMILES string of the molecule is COCCNC(=O)c1cc2[nH]c(-c3ccccc3)nc2cc1NC(=O)C1C=C(Br)C=NC1=O. The molecular formula is C23H20BrN5O4. The fourth-order valence-corrected chi connectivity index (χ4v) is 3.69. The smallest absolute Gasteiger partial charge is 0.262 e. The summed E-state index contributed by atoms with van der Waals surface area (Å²) in [5.74, 6) is -2.07. The maximum atomic E-state index is 12.9. The van der Waals surface area contributed by atoms with Gasteiger partial charge in [-0.3, -0.25) is 14.4 Å². The minimum absolute atomic E-state index is 0.227. The van der Waals surface area contributed by atoms with E-state index in [1.54, 1.807) is 12.1 Å². The highest BCUT2D eigenvalue weighted by Gasteiger charge is 2.28. The van der Waals surface area contributed by atoms with E-state index in [-0.39, 0.29) is 11.3 Å². The number of H-pyrrole nitrogens is 1. The molecule has 0 fully saturated rings. The molecule has 1 unspecified atom stereocenters. The van der Waals surface area contributed by atoms with Crippen molar-refractivity contribution in [3.05, 3.63) is 58.6 Å². The van der Waals surface area contributed by atoms with Gasteiger partial charge in [-0.1, -0.05) is 30.3 Å². The summed E-state index contributed by atoms with van der Waals surface area (Å²) in [6.45, 7) is 0.635. The lowest BCUT2D eigenvalue weighted by Gasteiger charge is -2.15. The Morgan fingerprint density at radius 3 is 2.76 bits per heavy atom. The van der Waals surface area contributed by atoms with E-state index in [2.05, 4.69) is 41.5 Å². The molecule has 2 aromatic carbocycles. The molecule has 0 aliphatic carbocycles. The van der Waals surface area contributed by atoms with E-state index in [4.69, 9.17) is 4.74 Å². The van der Waals surface area contributed by atoms with Crippen LogP contribution >= 0.6 is 15.9 Å². The van der Waals surface area contributed by atoms with Crippen LogP contribution in [0.5, 0.6) is 0 Å². The van der Waals surface area contributed by atoms with Crippen LogP contribution in [0.4, 0.5) is 5.69 Å². The van der Waals surface area contributed by atoms with Crippen molar-refractivity contribution in [1.82, 2.24) is 15.3 Å². The molecule has 10 heteroatoms. The number of hydrogen-bond donors (Lipinski definition) is 3. The Kier molecular flexibility index (Phi) is 6.76. The summed E-state index contributed by atoms with van der Waals surface area (Å²) in [5.41, 5.74) is 2.53. The van der Waals surface area contributed by atoms with Gasteiger partial charge < -0.3 is 20.4 Å². The molecule has 3 amide bonds. The summed E-state index contributed by atoms with van der Waals surface area (Å²) in [5, 5.41) is 5.45. The summed E-state index contributed by atoms with van der Waals surface area (Å²) in [7, 11) is 1.54. The van der Waals surface area contributed by atoms with Crippen molar-refractivity contribution in [1.29, 1.82) is 0 Å². The Labute approximate surface area is 197 Å². The van der Waals surface area contributed by atoms with Crippen molar-refractivity contribution in [2.45, 2.75) is 0 Å². The number of rotatable bonds is 7. The Balaban J connectivity index is 1.71. The van der Waals surface area contributed by atoms with Gasteiger partial charge in [0.25, 0.3) is 11.8 Å². The Morgan fingerprint density at radius 1 is 1.21 bits per heavy atom. The van der Waals surface area contributed by atoms with Crippen LogP contribution in [0.1, 0.15) is 10.4 Å². The molecule has 0 bridgehead atoms. The summed E-state index contributed by atoms with van der Waals surface area (Å²) in [4.78, 5) is 49.4. The maximum absolute atomic E-state index is 12.9. The van der Waals surface area contributed by atoms with E-state index in [1.165, 1.54) is 19.4 Å². The van der Waals surface area contributed by atoms with Crippen LogP contribution in [0.2, 0.25) is 0 Å². The molecule has 1 aliphatic rings. The Morgan fingerprint density at radius 2 is 2.00 bits per heavy atom. The van der Waals surface area contributed by atoms with E-state index >= 15 is 0 Å². The number of hydrogen-bond acceptors (Lipinski definition) is 5. The molecule has 3 aromatic rings. The number of benzene rings is 2. The summed E-state index contributed by atoms with van der Waals surface area (Å²) in [6.07, 6.45) is 2.80. The fourth-order valence-electron chi connectivity index (χ4n) is 3.32. The number of carbonyl (C=O) groups excluding carboxylic acids is 3. The van der Waals surface area contributed by atoms with Gasteiger partial charge >= 0.3 is 0 Å². The van der Waals surface area contributed by atoms with Crippen LogP contribution in [0, 0.1) is 5.92 Å². The Bertz CT molecular complexity index is 1280. The number of ether oxygens (including phenoxy) is 1. The first-order valence-corrected chi connectivity index (χ1v) is 10.9. The number of nitrogens with zero attached hydrogens (tertiary/aromatic N) is 2. The van der Waals surface area contributed by atoms with Crippen molar-refractivity contribution in [2.24, 2.45) is 10.9 Å². The van der Waals surface area contributed by atoms with Crippen LogP contribution in [0.25, 0.3) is 22.4 Å². The highest BCUT2D eigenvalue weighted by Crippen LogP contribution is 2.27. The minimum Gasteiger partial charge on any atom is -0.383 e. The van der Waals surface area contributed by atoms with E-state index < -0.39 is 23.6 Å². The third-order valence-electron chi connectivity index (χ3n) is 4.95. The van der Waals surface area contributed by atoms with E-state index in [0.717, 1.165) is 5.56 Å². The third kappa shape index (κ3) is 5.07. The zero-order chi connectivity index (χ0) is 23.4. The van der Waals surface area contributed by atoms with Gasteiger partial charge in [0, 0.05) is 29.9 Å². The van der Waals surface area contributed by atoms with Gasteiger partial charge in [-0.15, -0.1) is 0 Å². The number of imidazole rings is 1. The monoisotopic (exact) mass is 509 g/mol. The van der Waals surface area contributed by atoms with E-state index in [0.29, 0.717) is 34.5 Å². The highest BCUT2D eigenvalue weighted by molar-refractivity contribution is 9.12. The predicted molar refractivity (Wildman–Crippen MR) is 128 cm³/mol. The van der Waals surface area contributed by atoms with Crippen LogP contribution < -0.4 is 10.6 Å². The average molecular weight is 510 g/mol. The van der Waals surface area contributed by atoms with Crippen LogP contribution in [-0.4, -0.2) is 54.2 Å². The highest BCUT2D eigenvalue weighted by atomic mass is 79.9. The molecule has 9 nitrogen and oxygen atoms in total. The molecule has 168 valence electrons. The molecule has 1 aromatic heterocycles. The molecule has 0 saturated carbocycles. The van der Waals surface area contributed by atoms with E-state index in [1.807, 2.05) is 30.3 Å². The number of aliphatic imine (C=N–C) groups is 1. The first-order chi connectivity index (χ1) is 16.0. The maximum Gasteiger partial charge on any atom is 0.262 e. The molecule has 4 rings (SSSR count). The molecule has 1 aliphatic heterocycles. The fraction of sp³-hybridized carbons (Fsp3) is 0.174. The molecule has 33 heavy (non-hydrogen) atoms. The lowest BCUT2D eigenvalue weighted by molar-refractivity contribution is -0.128. The number of amides is 3. The molecule has 0 radical (unpaired) electrons. The summed E-state index contributed by atoms with van der Waals surface area (Å²) < 4.78 is 5.51. The van der Waals surface area contributed by atoms with Gasteiger partial charge in [0.1, 0.15) is 11.7 Å². The van der Waals surface area contributed by atoms with Crippen LogP contribution in [-0.2, 0) is 14.3 Å². The van der Waals surface area contributed by atoms with Gasteiger partial charge in [-0.2, -0.15) is 0 Å². The Hall–Kier alpha value is -3.63. The van der Waals surface area contributed by atoms with Crippen LogP contribution in [0.15, 0.2) is 58.0 Å². The average Bonchev–Trinajstić information content (AvgIpc) is 3.24. The normalized spacial score (nSPS) is 15.4. The van der Waals surface area contributed by atoms with Gasteiger partial charge in [0.15, 0.2) is 0 Å². The van der Waals surface area contributed by atoms with Gasteiger partial charge in [0.2, 0.25) is 5.91 Å². The van der Waals surface area contributed by atoms with Crippen molar-refractivity contribution in [3.8, 4) is 11.4 Å². The number of methoxy groups -OCH3 is 1. The number of aromatic nitrogens is 2. The van der Waals surface area contributed by atoms with Gasteiger partial charge in [0.05, 0.1) is 28.9 Å². The summed E-state index contributed by atoms with van der Waals surface area (Å²) in [6, 6.07) is 12.8. The number of dihydropyridines is 1. The second kappa shape index (κ2) is 9.88. The van der Waals surface area contributed by atoms with Crippen molar-refractivity contribution in [2.75, 3.05) is 25.6 Å². The molecular weight excluding hydrogens is 490 g/mol. The number of nitrogens with one attached hydrogen (secondary N) is 3. The quantitative estimate of drug-likeness (QED) is 0.333.